The molecule has 0 aliphatic rings. The van der Waals surface area contributed by atoms with Crippen molar-refractivity contribution in [3.05, 3.63) is 51.3 Å². The van der Waals surface area contributed by atoms with E-state index in [0.717, 1.165) is 5.56 Å². The third-order valence-corrected chi connectivity index (χ3v) is 2.69. The Morgan fingerprint density at radius 3 is 2.35 bits per heavy atom. The summed E-state index contributed by atoms with van der Waals surface area (Å²) in [4.78, 5) is 11.9. The Morgan fingerprint density at radius 2 is 1.85 bits per heavy atom. The van der Waals surface area contributed by atoms with Crippen molar-refractivity contribution in [3.8, 4) is 17.3 Å². The summed E-state index contributed by atoms with van der Waals surface area (Å²) in [5.74, 6) is 0. The molecule has 0 atom stereocenters. The largest absolute Gasteiger partial charge is 0.434 e. The number of aromatic nitrogens is 2. The van der Waals surface area contributed by atoms with Gasteiger partial charge in [0.1, 0.15) is 17.3 Å². The lowest BCUT2D eigenvalue weighted by Gasteiger charge is -2.09. The Balaban J connectivity index is 2.68. The molecule has 1 heterocycles. The van der Waals surface area contributed by atoms with E-state index >= 15 is 0 Å². The Kier molecular flexibility index (Phi) is 3.32. The van der Waals surface area contributed by atoms with Crippen LogP contribution in [0.1, 0.15) is 16.8 Å². The lowest BCUT2D eigenvalue weighted by molar-refractivity contribution is -0.142. The average molecular weight is 279 g/mol. The first-order valence-electron chi connectivity index (χ1n) is 5.51. The normalized spacial score (nSPS) is 11.2. The van der Waals surface area contributed by atoms with Gasteiger partial charge in [-0.25, -0.2) is 0 Å². The van der Waals surface area contributed by atoms with Gasteiger partial charge in [-0.05, 0) is 6.92 Å². The van der Waals surface area contributed by atoms with Crippen molar-refractivity contribution in [2.75, 3.05) is 0 Å². The van der Waals surface area contributed by atoms with Crippen LogP contribution in [-0.4, -0.2) is 10.2 Å². The zero-order valence-electron chi connectivity index (χ0n) is 10.2. The number of nitrogens with one attached hydrogen (secondary N) is 1. The number of aryl methyl sites for hydroxylation is 1. The summed E-state index contributed by atoms with van der Waals surface area (Å²) in [6, 6.07) is 7.79. The highest BCUT2D eigenvalue weighted by molar-refractivity contribution is 5.61. The monoisotopic (exact) mass is 279 g/mol. The van der Waals surface area contributed by atoms with Crippen molar-refractivity contribution in [3.63, 3.8) is 0 Å². The predicted octanol–water partition coefficient (Wildman–Crippen LogP) is 2.64. The molecule has 1 N–H and O–H groups in total. The SMILES string of the molecule is Cc1ccc(-c2n[nH]c(C(F)(F)F)c(C#N)c2=O)cc1. The molecule has 102 valence electrons. The van der Waals surface area contributed by atoms with E-state index in [1.54, 1.807) is 29.4 Å². The lowest BCUT2D eigenvalue weighted by atomic mass is 10.1. The van der Waals surface area contributed by atoms with Gasteiger partial charge in [0.15, 0.2) is 5.69 Å². The molecule has 0 bridgehead atoms. The summed E-state index contributed by atoms with van der Waals surface area (Å²) in [6.45, 7) is 1.83. The molecule has 0 aliphatic heterocycles. The first kappa shape index (κ1) is 13.8. The highest BCUT2D eigenvalue weighted by Crippen LogP contribution is 2.29. The fourth-order valence-electron chi connectivity index (χ4n) is 1.67. The summed E-state index contributed by atoms with van der Waals surface area (Å²) < 4.78 is 37.9. The molecule has 20 heavy (non-hydrogen) atoms. The highest BCUT2D eigenvalue weighted by Gasteiger charge is 2.37. The molecule has 4 nitrogen and oxygen atoms in total. The molecule has 0 saturated carbocycles. The summed E-state index contributed by atoms with van der Waals surface area (Å²) >= 11 is 0. The van der Waals surface area contributed by atoms with Crippen LogP contribution >= 0.6 is 0 Å². The van der Waals surface area contributed by atoms with Crippen molar-refractivity contribution in [2.24, 2.45) is 0 Å². The standard InChI is InChI=1S/C13H8F3N3O/c1-7-2-4-8(5-3-7)10-11(20)9(6-17)12(19-18-10)13(14,15)16/h2-5H,1H3,(H,19,20). The third-order valence-electron chi connectivity index (χ3n) is 2.69. The number of benzene rings is 1. The molecular weight excluding hydrogens is 271 g/mol. The van der Waals surface area contributed by atoms with Crippen LogP contribution in [0.25, 0.3) is 11.3 Å². The van der Waals surface area contributed by atoms with Gasteiger partial charge in [0.2, 0.25) is 5.43 Å². The van der Waals surface area contributed by atoms with Gasteiger partial charge in [-0.2, -0.15) is 23.5 Å². The minimum absolute atomic E-state index is 0.213. The lowest BCUT2D eigenvalue weighted by Crippen LogP contribution is -2.22. The van der Waals surface area contributed by atoms with Crippen LogP contribution in [0, 0.1) is 18.3 Å². The topological polar surface area (TPSA) is 69.5 Å². The molecule has 1 aromatic heterocycles. The Hall–Kier alpha value is -2.62. The highest BCUT2D eigenvalue weighted by atomic mass is 19.4. The molecule has 0 aliphatic carbocycles. The molecule has 7 heteroatoms. The summed E-state index contributed by atoms with van der Waals surface area (Å²) in [5.41, 5.74) is -2.39. The van der Waals surface area contributed by atoms with E-state index in [0.29, 0.717) is 5.56 Å². The van der Waals surface area contributed by atoms with E-state index in [-0.39, 0.29) is 5.69 Å². The van der Waals surface area contributed by atoms with E-state index in [4.69, 9.17) is 5.26 Å². The van der Waals surface area contributed by atoms with Gasteiger partial charge in [0.05, 0.1) is 0 Å². The van der Waals surface area contributed by atoms with Gasteiger partial charge >= 0.3 is 6.18 Å². The summed E-state index contributed by atoms with van der Waals surface area (Å²) in [7, 11) is 0. The van der Waals surface area contributed by atoms with Crippen molar-refractivity contribution in [1.82, 2.24) is 10.2 Å². The first-order chi connectivity index (χ1) is 9.34. The number of nitrogens with zero attached hydrogens (tertiary/aromatic N) is 2. The van der Waals surface area contributed by atoms with Gasteiger partial charge < -0.3 is 0 Å². The number of rotatable bonds is 1. The fourth-order valence-corrected chi connectivity index (χ4v) is 1.67. The molecule has 0 amide bonds. The molecule has 2 rings (SSSR count). The quantitative estimate of drug-likeness (QED) is 0.872. The second-order valence-corrected chi connectivity index (χ2v) is 4.13. The maximum absolute atomic E-state index is 12.6. The molecule has 0 fully saturated rings. The second kappa shape index (κ2) is 4.81. The van der Waals surface area contributed by atoms with Crippen LogP contribution in [0.3, 0.4) is 0 Å². The van der Waals surface area contributed by atoms with Crippen molar-refractivity contribution in [2.45, 2.75) is 13.1 Å². The van der Waals surface area contributed by atoms with E-state index < -0.39 is 22.9 Å². The van der Waals surface area contributed by atoms with Crippen LogP contribution in [0.2, 0.25) is 0 Å². The number of hydrogen-bond donors (Lipinski definition) is 1. The molecule has 1 aromatic carbocycles. The molecule has 0 radical (unpaired) electrons. The fraction of sp³-hybridized carbons (Fsp3) is 0.154. The Bertz CT molecular complexity index is 739. The molecule has 0 spiro atoms. The smallest absolute Gasteiger partial charge is 0.286 e. The zero-order chi connectivity index (χ0) is 14.9. The van der Waals surface area contributed by atoms with E-state index in [9.17, 15) is 18.0 Å². The van der Waals surface area contributed by atoms with Crippen molar-refractivity contribution >= 4 is 0 Å². The number of alkyl halides is 3. The molecule has 0 unspecified atom stereocenters. The Morgan fingerprint density at radius 1 is 1.25 bits per heavy atom. The van der Waals surface area contributed by atoms with Crippen LogP contribution in [0.15, 0.2) is 29.1 Å². The zero-order valence-corrected chi connectivity index (χ0v) is 10.2. The number of aromatic amines is 1. The molecule has 0 saturated heterocycles. The van der Waals surface area contributed by atoms with Gasteiger partial charge in [-0.15, -0.1) is 0 Å². The predicted molar refractivity (Wildman–Crippen MR) is 64.7 cm³/mol. The number of nitriles is 1. The van der Waals surface area contributed by atoms with Crippen LogP contribution in [0.5, 0.6) is 0 Å². The third kappa shape index (κ3) is 2.40. The summed E-state index contributed by atoms with van der Waals surface area (Å²) in [5, 5.41) is 14.0. The van der Waals surface area contributed by atoms with Gasteiger partial charge in [-0.1, -0.05) is 29.8 Å². The van der Waals surface area contributed by atoms with E-state index in [1.807, 2.05) is 6.92 Å². The van der Waals surface area contributed by atoms with Crippen molar-refractivity contribution < 1.29 is 13.2 Å². The van der Waals surface area contributed by atoms with Crippen LogP contribution in [-0.2, 0) is 6.18 Å². The number of H-pyrrole nitrogens is 1. The average Bonchev–Trinajstić information content (AvgIpc) is 2.38. The van der Waals surface area contributed by atoms with Crippen molar-refractivity contribution in [1.29, 1.82) is 5.26 Å². The first-order valence-corrected chi connectivity index (χ1v) is 5.51. The van der Waals surface area contributed by atoms with Gasteiger partial charge in [-0.3, -0.25) is 9.89 Å². The maximum atomic E-state index is 12.6. The maximum Gasteiger partial charge on any atom is 0.434 e. The van der Waals surface area contributed by atoms with Gasteiger partial charge in [0.25, 0.3) is 0 Å². The summed E-state index contributed by atoms with van der Waals surface area (Å²) in [6.07, 6.45) is -4.83. The van der Waals surface area contributed by atoms with Crippen LogP contribution < -0.4 is 5.43 Å². The minimum Gasteiger partial charge on any atom is -0.286 e. The van der Waals surface area contributed by atoms with E-state index in [1.165, 1.54) is 6.07 Å². The van der Waals surface area contributed by atoms with Crippen LogP contribution in [0.4, 0.5) is 13.2 Å². The minimum atomic E-state index is -4.83. The van der Waals surface area contributed by atoms with Gasteiger partial charge in [0, 0.05) is 5.56 Å². The van der Waals surface area contributed by atoms with E-state index in [2.05, 4.69) is 5.10 Å². The molecular formula is C13H8F3N3O. The second-order valence-electron chi connectivity index (χ2n) is 4.13. The molecule has 2 aromatic rings. The number of hydrogen-bond acceptors (Lipinski definition) is 3. The number of halogens is 3. The Labute approximate surface area is 111 Å².